The molecule has 0 amide bonds. The van der Waals surface area contributed by atoms with Crippen LogP contribution >= 0.6 is 0 Å². The van der Waals surface area contributed by atoms with Gasteiger partial charge in [0.25, 0.3) is 0 Å². The van der Waals surface area contributed by atoms with E-state index in [1.165, 1.54) is 25.7 Å². The molecular weight excluding hydrogens is 174 g/mol. The van der Waals surface area contributed by atoms with Gasteiger partial charge < -0.3 is 10.4 Å². The van der Waals surface area contributed by atoms with Gasteiger partial charge in [-0.25, -0.2) is 0 Å². The van der Waals surface area contributed by atoms with Gasteiger partial charge in [-0.2, -0.15) is 0 Å². The van der Waals surface area contributed by atoms with Crippen LogP contribution in [0.3, 0.4) is 0 Å². The number of aliphatic hydroxyl groups is 1. The molecule has 0 radical (unpaired) electrons. The Morgan fingerprint density at radius 1 is 1.57 bits per heavy atom. The van der Waals surface area contributed by atoms with Crippen LogP contribution in [0.15, 0.2) is 11.6 Å². The molecule has 14 heavy (non-hydrogen) atoms. The van der Waals surface area contributed by atoms with E-state index in [9.17, 15) is 0 Å². The summed E-state index contributed by atoms with van der Waals surface area (Å²) in [5.41, 5.74) is 1.63. The summed E-state index contributed by atoms with van der Waals surface area (Å²) in [6.07, 6.45) is 9.55. The first-order chi connectivity index (χ1) is 6.83. The second-order valence-electron chi connectivity index (χ2n) is 4.23. The van der Waals surface area contributed by atoms with Gasteiger partial charge in [-0.1, -0.05) is 11.6 Å². The minimum atomic E-state index is 0.317. The Morgan fingerprint density at radius 2 is 2.43 bits per heavy atom. The Kier molecular flexibility index (Phi) is 5.88. The van der Waals surface area contributed by atoms with Gasteiger partial charge in [0, 0.05) is 12.6 Å². The zero-order valence-corrected chi connectivity index (χ0v) is 9.26. The maximum absolute atomic E-state index is 8.68. The number of nitrogens with one attached hydrogen (secondary N) is 1. The fourth-order valence-corrected chi connectivity index (χ4v) is 1.94. The molecule has 0 spiro atoms. The molecule has 1 unspecified atom stereocenters. The molecule has 0 bridgehead atoms. The highest BCUT2D eigenvalue weighted by Gasteiger charge is 2.05. The van der Waals surface area contributed by atoms with Crippen LogP contribution in [0.5, 0.6) is 0 Å². The molecule has 0 aromatic carbocycles. The van der Waals surface area contributed by atoms with Gasteiger partial charge in [0.2, 0.25) is 0 Å². The average Bonchev–Trinajstić information content (AvgIpc) is 2.67. The molecule has 2 heteroatoms. The van der Waals surface area contributed by atoms with E-state index < -0.39 is 0 Å². The lowest BCUT2D eigenvalue weighted by Crippen LogP contribution is -2.27. The summed E-state index contributed by atoms with van der Waals surface area (Å²) in [5.74, 6) is 0. The van der Waals surface area contributed by atoms with Crippen molar-refractivity contribution in [1.29, 1.82) is 0 Å². The van der Waals surface area contributed by atoms with Crippen LogP contribution in [0.1, 0.15) is 45.4 Å². The maximum atomic E-state index is 8.68. The summed E-state index contributed by atoms with van der Waals surface area (Å²) in [4.78, 5) is 0. The standard InChI is InChI=1S/C12H23NO/c1-11(5-4-10-14)13-9-8-12-6-2-3-7-12/h6,11,13-14H,2-5,7-10H2,1H3. The van der Waals surface area contributed by atoms with Gasteiger partial charge >= 0.3 is 0 Å². The summed E-state index contributed by atoms with van der Waals surface area (Å²) in [7, 11) is 0. The van der Waals surface area contributed by atoms with Crippen LogP contribution < -0.4 is 5.32 Å². The first-order valence-electron chi connectivity index (χ1n) is 5.85. The molecule has 2 nitrogen and oxygen atoms in total. The van der Waals surface area contributed by atoms with Crippen LogP contribution in [0.4, 0.5) is 0 Å². The molecule has 0 aliphatic heterocycles. The van der Waals surface area contributed by atoms with Gasteiger partial charge in [-0.05, 0) is 52.0 Å². The van der Waals surface area contributed by atoms with Gasteiger partial charge in [-0.15, -0.1) is 0 Å². The largest absolute Gasteiger partial charge is 0.396 e. The molecule has 2 N–H and O–H groups in total. The number of allylic oxidation sites excluding steroid dienone is 1. The summed E-state index contributed by atoms with van der Waals surface area (Å²) < 4.78 is 0. The fraction of sp³-hybridized carbons (Fsp3) is 0.833. The third-order valence-electron chi connectivity index (χ3n) is 2.87. The van der Waals surface area contributed by atoms with E-state index in [0.29, 0.717) is 12.6 Å². The van der Waals surface area contributed by atoms with E-state index in [-0.39, 0.29) is 0 Å². The number of hydrogen-bond donors (Lipinski definition) is 2. The number of aliphatic hydroxyl groups excluding tert-OH is 1. The topological polar surface area (TPSA) is 32.3 Å². The van der Waals surface area contributed by atoms with Gasteiger partial charge in [0.05, 0.1) is 0 Å². The van der Waals surface area contributed by atoms with Crippen molar-refractivity contribution >= 4 is 0 Å². The van der Waals surface area contributed by atoms with E-state index in [1.807, 2.05) is 0 Å². The lowest BCUT2D eigenvalue weighted by molar-refractivity contribution is 0.276. The molecule has 0 heterocycles. The van der Waals surface area contributed by atoms with Gasteiger partial charge in [0.15, 0.2) is 0 Å². The van der Waals surface area contributed by atoms with Crippen molar-refractivity contribution in [3.8, 4) is 0 Å². The molecule has 0 saturated carbocycles. The van der Waals surface area contributed by atoms with E-state index in [1.54, 1.807) is 5.57 Å². The van der Waals surface area contributed by atoms with Gasteiger partial charge in [-0.3, -0.25) is 0 Å². The Bertz CT molecular complexity index is 177. The van der Waals surface area contributed by atoms with Crippen molar-refractivity contribution in [1.82, 2.24) is 5.32 Å². The number of rotatable bonds is 7. The highest BCUT2D eigenvalue weighted by molar-refractivity contribution is 5.07. The SMILES string of the molecule is CC(CCCO)NCCC1=CCCC1. The fourth-order valence-electron chi connectivity index (χ4n) is 1.94. The summed E-state index contributed by atoms with van der Waals surface area (Å²) in [5, 5.41) is 12.2. The van der Waals surface area contributed by atoms with E-state index in [0.717, 1.165) is 19.4 Å². The molecule has 0 aromatic heterocycles. The van der Waals surface area contributed by atoms with Crippen molar-refractivity contribution in [2.24, 2.45) is 0 Å². The predicted molar refractivity (Wildman–Crippen MR) is 60.3 cm³/mol. The van der Waals surface area contributed by atoms with Crippen molar-refractivity contribution < 1.29 is 5.11 Å². The van der Waals surface area contributed by atoms with Crippen molar-refractivity contribution in [2.75, 3.05) is 13.2 Å². The Hall–Kier alpha value is -0.340. The second-order valence-corrected chi connectivity index (χ2v) is 4.23. The summed E-state index contributed by atoms with van der Waals surface area (Å²) >= 11 is 0. The van der Waals surface area contributed by atoms with E-state index in [4.69, 9.17) is 5.11 Å². The van der Waals surface area contributed by atoms with Crippen molar-refractivity contribution in [2.45, 2.75) is 51.5 Å². The molecule has 1 aliphatic rings. The zero-order valence-electron chi connectivity index (χ0n) is 9.26. The van der Waals surface area contributed by atoms with Crippen molar-refractivity contribution in [3.63, 3.8) is 0 Å². The lowest BCUT2D eigenvalue weighted by atomic mass is 10.1. The van der Waals surface area contributed by atoms with Crippen LogP contribution in [0.25, 0.3) is 0 Å². The van der Waals surface area contributed by atoms with Gasteiger partial charge in [0.1, 0.15) is 0 Å². The molecule has 82 valence electrons. The molecule has 1 atom stereocenters. The Labute approximate surface area is 87.4 Å². The molecule has 0 fully saturated rings. The smallest absolute Gasteiger partial charge is 0.0431 e. The van der Waals surface area contributed by atoms with Crippen LogP contribution in [-0.4, -0.2) is 24.3 Å². The molecule has 1 aliphatic carbocycles. The maximum Gasteiger partial charge on any atom is 0.0431 e. The number of hydrogen-bond acceptors (Lipinski definition) is 2. The summed E-state index contributed by atoms with van der Waals surface area (Å²) in [6, 6.07) is 0.546. The molecule has 0 aromatic rings. The minimum Gasteiger partial charge on any atom is -0.396 e. The molecule has 0 saturated heterocycles. The second kappa shape index (κ2) is 7.02. The monoisotopic (exact) mass is 197 g/mol. The summed E-state index contributed by atoms with van der Waals surface area (Å²) in [6.45, 7) is 3.61. The normalized spacial score (nSPS) is 18.3. The molecule has 1 rings (SSSR count). The molecular formula is C12H23NO. The highest BCUT2D eigenvalue weighted by atomic mass is 16.2. The predicted octanol–water partition coefficient (Wildman–Crippen LogP) is 2.24. The first kappa shape index (κ1) is 11.7. The van der Waals surface area contributed by atoms with Crippen LogP contribution in [-0.2, 0) is 0 Å². The minimum absolute atomic E-state index is 0.317. The lowest BCUT2D eigenvalue weighted by Gasteiger charge is -2.13. The van der Waals surface area contributed by atoms with Crippen LogP contribution in [0, 0.1) is 0 Å². The Balaban J connectivity index is 1.97. The van der Waals surface area contributed by atoms with Crippen LogP contribution in [0.2, 0.25) is 0 Å². The third-order valence-corrected chi connectivity index (χ3v) is 2.87. The average molecular weight is 197 g/mol. The van der Waals surface area contributed by atoms with E-state index >= 15 is 0 Å². The zero-order chi connectivity index (χ0) is 10.2. The third kappa shape index (κ3) is 4.77. The van der Waals surface area contributed by atoms with E-state index in [2.05, 4.69) is 18.3 Å². The quantitative estimate of drug-likeness (QED) is 0.613. The highest BCUT2D eigenvalue weighted by Crippen LogP contribution is 2.19. The first-order valence-corrected chi connectivity index (χ1v) is 5.85. The van der Waals surface area contributed by atoms with Crippen molar-refractivity contribution in [3.05, 3.63) is 11.6 Å². The Morgan fingerprint density at radius 3 is 3.07 bits per heavy atom.